The van der Waals surface area contributed by atoms with Gasteiger partial charge < -0.3 is 60.7 Å². The molecular weight excluding hydrogens is 1070 g/mol. The predicted octanol–water partition coefficient (Wildman–Crippen LogP) is 2.63. The molecule has 5 N–H and O–H groups in total. The lowest BCUT2D eigenvalue weighted by Crippen LogP contribution is -2.62. The monoisotopic (exact) mass is 1170 g/mol. The Kier molecular flexibility index (Phi) is 30.7. The van der Waals surface area contributed by atoms with E-state index in [0.29, 0.717) is 6.42 Å². The third-order valence-corrected chi connectivity index (χ3v) is 15.7. The van der Waals surface area contributed by atoms with E-state index in [1.165, 1.54) is 94.6 Å². The Morgan fingerprint density at radius 3 is 1.36 bits per heavy atom. The van der Waals surface area contributed by atoms with Crippen molar-refractivity contribution in [3.05, 3.63) is 12.2 Å². The van der Waals surface area contributed by atoms with E-state index < -0.39 is 150 Å². The molecule has 23 nitrogen and oxygen atoms in total. The van der Waals surface area contributed by atoms with Crippen LogP contribution in [-0.4, -0.2) is 227 Å². The molecule has 1 fully saturated rings. The summed E-state index contributed by atoms with van der Waals surface area (Å²) in [5, 5.41) is 22.9. The van der Waals surface area contributed by atoms with Crippen molar-refractivity contribution in [2.75, 3.05) is 55.9 Å². The number of rotatable bonds is 14. The zero-order valence-corrected chi connectivity index (χ0v) is 54.5. The van der Waals surface area contributed by atoms with Crippen LogP contribution in [0.25, 0.3) is 0 Å². The maximum absolute atomic E-state index is 14.8. The van der Waals surface area contributed by atoms with E-state index in [4.69, 9.17) is 0 Å². The number of aliphatic hydroxyl groups excluding tert-OH is 1. The number of amides is 11. The molecular formula is C60H107N11O12. The van der Waals surface area contributed by atoms with Gasteiger partial charge in [0.15, 0.2) is 0 Å². The SMILES string of the molecule is C/C=C/C[C@@H](C)[C@@H](O)[C@H]1C(=O)N[C@@H](CC)C(=O)N(C)CC(=O)N(C)[C@@H](CC(C)C)C(=O)NC(C(C)C)C(=O)N(C)[C@@H](CC(C)C)C(=O)N[C@@H](C)C(=O)N[C@H](C)C(=O)N(C)[C@@H](CC(C)C)C(=O)N(C)[C@@H](CC(C)C)C(=O)N(C)[C@@H](C)C(=O)N1C. The quantitative estimate of drug-likeness (QED) is 0.157. The number of hydrogen-bond acceptors (Lipinski definition) is 12. The first-order valence-electron chi connectivity index (χ1n) is 29.7. The Hall–Kier alpha value is -6.13. The fourth-order valence-corrected chi connectivity index (χ4v) is 10.1. The standard InChI is InChI=1S/C60H107N11O12/c1-24-26-27-38(13)50(73)49-54(77)63-42(25-2)57(80)65(17)32-47(72)67(19)43(28-33(3)4)53(76)64-48(37(11)12)60(83)68(20)44(29-34(5)6)52(75)61-39(14)51(74)62-40(15)55(78)69(21)46(31-36(9)10)59(82)70(22)45(30-35(7)8)58(81)66(18)41(16)56(79)71(49)23/h24,26,33-46,48-50,73H,25,27-32H2,1-23H3,(H,61,75)(H,62,74)(H,63,77)(H,64,76)/b26-24+/t38-,39+,40-,41+,42+,43+,44+,45+,46+,48?,49+,50-/m1/s1. The lowest BCUT2D eigenvalue weighted by molar-refractivity contribution is -0.156. The van der Waals surface area contributed by atoms with Crippen molar-refractivity contribution in [1.82, 2.24) is 55.6 Å². The largest absolute Gasteiger partial charge is 0.390 e. The van der Waals surface area contributed by atoms with E-state index >= 15 is 0 Å². The Balaban J connectivity index is 4.23. The molecule has 474 valence electrons. The fraction of sp³-hybridized carbons (Fsp3) is 0.783. The van der Waals surface area contributed by atoms with Crippen LogP contribution < -0.4 is 21.3 Å². The van der Waals surface area contributed by atoms with Crippen LogP contribution in [0.2, 0.25) is 0 Å². The summed E-state index contributed by atoms with van der Waals surface area (Å²) in [7, 11) is 9.82. The molecule has 1 aliphatic heterocycles. The first-order chi connectivity index (χ1) is 38.3. The maximum Gasteiger partial charge on any atom is 0.246 e. The first kappa shape index (κ1) is 74.9. The smallest absolute Gasteiger partial charge is 0.246 e. The second-order valence-corrected chi connectivity index (χ2v) is 25.1. The molecule has 83 heavy (non-hydrogen) atoms. The molecule has 0 spiro atoms. The van der Waals surface area contributed by atoms with Crippen molar-refractivity contribution in [3.63, 3.8) is 0 Å². The number of nitrogens with zero attached hydrogens (tertiary/aromatic N) is 7. The summed E-state index contributed by atoms with van der Waals surface area (Å²) in [5.74, 6) is -9.15. The highest BCUT2D eigenvalue weighted by atomic mass is 16.3. The number of carbonyl (C=O) groups excluding carboxylic acids is 11. The molecule has 1 rings (SSSR count). The van der Waals surface area contributed by atoms with Crippen molar-refractivity contribution in [2.24, 2.45) is 35.5 Å². The van der Waals surface area contributed by atoms with Gasteiger partial charge in [-0.2, -0.15) is 0 Å². The second kappa shape index (κ2) is 34.0. The van der Waals surface area contributed by atoms with E-state index in [1.54, 1.807) is 46.8 Å². The van der Waals surface area contributed by atoms with Crippen LogP contribution in [0, 0.1) is 35.5 Å². The number of carbonyl (C=O) groups is 11. The molecule has 11 amide bonds. The molecule has 1 unspecified atom stereocenters. The lowest BCUT2D eigenvalue weighted by atomic mass is 9.92. The van der Waals surface area contributed by atoms with Crippen LogP contribution in [0.1, 0.15) is 149 Å². The molecule has 0 aromatic carbocycles. The molecule has 0 aromatic rings. The Bertz CT molecular complexity index is 2270. The number of hydrogen-bond donors (Lipinski definition) is 5. The first-order valence-corrected chi connectivity index (χ1v) is 29.7. The van der Waals surface area contributed by atoms with Gasteiger partial charge in [-0.1, -0.05) is 95.2 Å². The lowest BCUT2D eigenvalue weighted by Gasteiger charge is -2.40. The van der Waals surface area contributed by atoms with Gasteiger partial charge in [-0.05, 0) is 102 Å². The van der Waals surface area contributed by atoms with Gasteiger partial charge in [0.2, 0.25) is 65.0 Å². The van der Waals surface area contributed by atoms with Gasteiger partial charge in [0, 0.05) is 49.3 Å². The molecule has 0 radical (unpaired) electrons. The van der Waals surface area contributed by atoms with E-state index in [0.717, 1.165) is 9.80 Å². The molecule has 12 atom stereocenters. The minimum atomic E-state index is -1.60. The van der Waals surface area contributed by atoms with E-state index in [-0.39, 0.29) is 55.8 Å². The van der Waals surface area contributed by atoms with Gasteiger partial charge in [0.25, 0.3) is 0 Å². The van der Waals surface area contributed by atoms with Crippen LogP contribution in [0.5, 0.6) is 0 Å². The number of nitrogens with one attached hydrogen (secondary N) is 4. The second-order valence-electron chi connectivity index (χ2n) is 25.1. The summed E-state index contributed by atoms with van der Waals surface area (Å²) in [6, 6.07) is -12.3. The topological polar surface area (TPSA) is 279 Å². The van der Waals surface area contributed by atoms with Crippen LogP contribution >= 0.6 is 0 Å². The minimum absolute atomic E-state index is 0.0246. The van der Waals surface area contributed by atoms with Gasteiger partial charge in [-0.3, -0.25) is 52.7 Å². The zero-order valence-electron chi connectivity index (χ0n) is 54.5. The van der Waals surface area contributed by atoms with Crippen molar-refractivity contribution in [2.45, 2.75) is 216 Å². The van der Waals surface area contributed by atoms with Crippen molar-refractivity contribution in [1.29, 1.82) is 0 Å². The molecule has 0 saturated carbocycles. The molecule has 23 heteroatoms. The molecule has 1 heterocycles. The minimum Gasteiger partial charge on any atom is -0.390 e. The average molecular weight is 1170 g/mol. The number of likely N-dealkylation sites (N-methyl/N-ethyl adjacent to an activating group) is 7. The molecule has 0 bridgehead atoms. The normalized spacial score (nSPS) is 27.2. The van der Waals surface area contributed by atoms with Gasteiger partial charge in [-0.15, -0.1) is 0 Å². The number of aliphatic hydroxyl groups is 1. The van der Waals surface area contributed by atoms with Crippen LogP contribution in [0.3, 0.4) is 0 Å². The highest BCUT2D eigenvalue weighted by Crippen LogP contribution is 2.24. The number of allylic oxidation sites excluding steroid dienone is 2. The van der Waals surface area contributed by atoms with Crippen LogP contribution in [0.15, 0.2) is 12.2 Å². The summed E-state index contributed by atoms with van der Waals surface area (Å²) < 4.78 is 0. The highest BCUT2D eigenvalue weighted by Gasteiger charge is 2.44. The van der Waals surface area contributed by atoms with Gasteiger partial charge >= 0.3 is 0 Å². The summed E-state index contributed by atoms with van der Waals surface area (Å²) in [5.41, 5.74) is 0. The third kappa shape index (κ3) is 21.2. The summed E-state index contributed by atoms with van der Waals surface area (Å²) in [6.45, 7) is 27.3. The Morgan fingerprint density at radius 2 is 0.904 bits per heavy atom. The molecule has 1 aliphatic rings. The average Bonchev–Trinajstić information content (AvgIpc) is 3.59. The van der Waals surface area contributed by atoms with Gasteiger partial charge in [-0.25, -0.2) is 0 Å². The van der Waals surface area contributed by atoms with E-state index in [9.17, 15) is 57.8 Å². The summed E-state index contributed by atoms with van der Waals surface area (Å²) in [4.78, 5) is 167. The van der Waals surface area contributed by atoms with Crippen molar-refractivity contribution < 1.29 is 57.8 Å². The van der Waals surface area contributed by atoms with Crippen LogP contribution in [-0.2, 0) is 52.7 Å². The Morgan fingerprint density at radius 1 is 0.482 bits per heavy atom. The van der Waals surface area contributed by atoms with E-state index in [1.807, 2.05) is 55.4 Å². The van der Waals surface area contributed by atoms with Crippen LogP contribution in [0.4, 0.5) is 0 Å². The molecule has 0 aliphatic carbocycles. The molecule has 1 saturated heterocycles. The summed E-state index contributed by atoms with van der Waals surface area (Å²) in [6.07, 6.45) is 3.05. The van der Waals surface area contributed by atoms with Gasteiger partial charge in [0.05, 0.1) is 12.6 Å². The maximum atomic E-state index is 14.8. The Labute approximate surface area is 496 Å². The van der Waals surface area contributed by atoms with Gasteiger partial charge in [0.1, 0.15) is 60.4 Å². The van der Waals surface area contributed by atoms with Crippen molar-refractivity contribution >= 4 is 65.0 Å². The fourth-order valence-electron chi connectivity index (χ4n) is 10.1. The predicted molar refractivity (Wildman–Crippen MR) is 319 cm³/mol. The third-order valence-electron chi connectivity index (χ3n) is 15.7. The summed E-state index contributed by atoms with van der Waals surface area (Å²) >= 11 is 0. The zero-order chi connectivity index (χ0) is 64.4. The van der Waals surface area contributed by atoms with E-state index in [2.05, 4.69) is 21.3 Å². The highest BCUT2D eigenvalue weighted by molar-refractivity contribution is 5.99. The van der Waals surface area contributed by atoms with Crippen molar-refractivity contribution in [3.8, 4) is 0 Å². The molecule has 0 aromatic heterocycles.